The highest BCUT2D eigenvalue weighted by Gasteiger charge is 2.11. The van der Waals surface area contributed by atoms with Gasteiger partial charge in [0.05, 0.1) is 30.9 Å². The number of hydrogen-bond donors (Lipinski definition) is 1. The van der Waals surface area contributed by atoms with Crippen molar-refractivity contribution in [3.63, 3.8) is 0 Å². The van der Waals surface area contributed by atoms with Gasteiger partial charge in [-0.25, -0.2) is 4.98 Å². The lowest BCUT2D eigenvalue weighted by Crippen LogP contribution is -2.15. The molecule has 0 atom stereocenters. The standard InChI is InChI=1S/C14H19N5O4S2/c1-3-22-11(20)8-24-14(25-9-12(21)23-4-2)19-18-13(15)10-7-16-5-6-17-10/h5-7H,3-4,8-9H2,1-2H3,(H2,15,18). The molecule has 1 aromatic heterocycles. The van der Waals surface area contributed by atoms with Crippen LogP contribution in [0.25, 0.3) is 0 Å². The van der Waals surface area contributed by atoms with Gasteiger partial charge in [0.2, 0.25) is 0 Å². The van der Waals surface area contributed by atoms with Crippen molar-refractivity contribution >= 4 is 45.7 Å². The Hall–Kier alpha value is -2.14. The predicted molar refractivity (Wildman–Crippen MR) is 98.4 cm³/mol. The van der Waals surface area contributed by atoms with E-state index in [-0.39, 0.29) is 29.3 Å². The molecule has 9 nitrogen and oxygen atoms in total. The summed E-state index contributed by atoms with van der Waals surface area (Å²) in [6.07, 6.45) is 4.44. The average Bonchev–Trinajstić information content (AvgIpc) is 2.62. The zero-order chi connectivity index (χ0) is 18.5. The minimum Gasteiger partial charge on any atom is -0.465 e. The van der Waals surface area contributed by atoms with E-state index < -0.39 is 0 Å². The Balaban J connectivity index is 2.77. The third-order valence-corrected chi connectivity index (χ3v) is 4.43. The molecule has 1 aromatic rings. The van der Waals surface area contributed by atoms with Crippen molar-refractivity contribution < 1.29 is 19.1 Å². The largest absolute Gasteiger partial charge is 0.465 e. The Morgan fingerprint density at radius 1 is 1.08 bits per heavy atom. The Labute approximate surface area is 153 Å². The van der Waals surface area contributed by atoms with Crippen LogP contribution in [0.3, 0.4) is 0 Å². The molecule has 2 N–H and O–H groups in total. The Morgan fingerprint density at radius 2 is 1.68 bits per heavy atom. The summed E-state index contributed by atoms with van der Waals surface area (Å²) < 4.78 is 10.1. The van der Waals surface area contributed by atoms with Gasteiger partial charge >= 0.3 is 11.9 Å². The summed E-state index contributed by atoms with van der Waals surface area (Å²) in [6, 6.07) is 0. The number of nitrogens with two attached hydrogens (primary N) is 1. The molecule has 0 fully saturated rings. The fraction of sp³-hybridized carbons (Fsp3) is 0.429. The molecule has 11 heteroatoms. The molecule has 0 radical (unpaired) electrons. The van der Waals surface area contributed by atoms with Crippen molar-refractivity contribution in [1.29, 1.82) is 0 Å². The van der Waals surface area contributed by atoms with Crippen molar-refractivity contribution in [3.8, 4) is 0 Å². The fourth-order valence-electron chi connectivity index (χ4n) is 1.32. The van der Waals surface area contributed by atoms with Gasteiger partial charge in [0, 0.05) is 12.4 Å². The molecule has 0 aliphatic carbocycles. The molecule has 136 valence electrons. The lowest BCUT2D eigenvalue weighted by atomic mass is 10.4. The Kier molecular flexibility index (Phi) is 10.2. The molecule has 25 heavy (non-hydrogen) atoms. The van der Waals surface area contributed by atoms with E-state index in [0.29, 0.717) is 23.3 Å². The minimum absolute atomic E-state index is 0.0447. The summed E-state index contributed by atoms with van der Waals surface area (Å²) in [5.41, 5.74) is 6.16. The van der Waals surface area contributed by atoms with Gasteiger partial charge in [-0.15, -0.1) is 10.2 Å². The highest BCUT2D eigenvalue weighted by Crippen LogP contribution is 2.18. The maximum atomic E-state index is 11.5. The number of rotatable bonds is 8. The number of amidine groups is 1. The molecule has 0 saturated carbocycles. The van der Waals surface area contributed by atoms with Crippen LogP contribution in [0.2, 0.25) is 0 Å². The van der Waals surface area contributed by atoms with Crippen LogP contribution in [0.5, 0.6) is 0 Å². The van der Waals surface area contributed by atoms with Crippen LogP contribution in [0.4, 0.5) is 0 Å². The fourth-order valence-corrected chi connectivity index (χ4v) is 2.86. The molecular weight excluding hydrogens is 366 g/mol. The summed E-state index contributed by atoms with van der Waals surface area (Å²) in [6.45, 7) is 4.02. The van der Waals surface area contributed by atoms with Crippen LogP contribution >= 0.6 is 23.5 Å². The van der Waals surface area contributed by atoms with Crippen molar-refractivity contribution in [2.75, 3.05) is 24.7 Å². The molecule has 1 rings (SSSR count). The summed E-state index contributed by atoms with van der Waals surface area (Å²) in [7, 11) is 0. The van der Waals surface area contributed by atoms with Gasteiger partial charge in [-0.2, -0.15) is 0 Å². The Bertz CT molecular complexity index is 601. The van der Waals surface area contributed by atoms with E-state index in [4.69, 9.17) is 15.2 Å². The smallest absolute Gasteiger partial charge is 0.316 e. The van der Waals surface area contributed by atoms with E-state index in [1.807, 2.05) is 0 Å². The summed E-state index contributed by atoms with van der Waals surface area (Å²) >= 11 is 2.20. The lowest BCUT2D eigenvalue weighted by molar-refractivity contribution is -0.140. The average molecular weight is 385 g/mol. The van der Waals surface area contributed by atoms with E-state index in [2.05, 4.69) is 20.2 Å². The van der Waals surface area contributed by atoms with E-state index in [9.17, 15) is 9.59 Å². The minimum atomic E-state index is -0.386. The van der Waals surface area contributed by atoms with Crippen LogP contribution in [0.1, 0.15) is 19.5 Å². The number of nitrogens with zero attached hydrogens (tertiary/aromatic N) is 4. The number of carbonyl (C=O) groups excluding carboxylic acids is 2. The molecule has 1 heterocycles. The first kappa shape index (κ1) is 20.9. The number of hydrogen-bond acceptors (Lipinski definition) is 10. The third-order valence-electron chi connectivity index (χ3n) is 2.30. The van der Waals surface area contributed by atoms with Gasteiger partial charge < -0.3 is 15.2 Å². The third kappa shape index (κ3) is 9.05. The zero-order valence-electron chi connectivity index (χ0n) is 13.9. The number of aromatic nitrogens is 2. The topological polar surface area (TPSA) is 129 Å². The predicted octanol–water partition coefficient (Wildman–Crippen LogP) is 1.05. The van der Waals surface area contributed by atoms with Crippen molar-refractivity contribution in [3.05, 3.63) is 24.3 Å². The number of esters is 2. The van der Waals surface area contributed by atoms with Crippen LogP contribution in [-0.2, 0) is 19.1 Å². The van der Waals surface area contributed by atoms with Crippen LogP contribution in [0, 0.1) is 0 Å². The monoisotopic (exact) mass is 385 g/mol. The second-order valence-corrected chi connectivity index (χ2v) is 6.32. The van der Waals surface area contributed by atoms with Gasteiger partial charge in [-0.3, -0.25) is 14.6 Å². The second-order valence-electron chi connectivity index (χ2n) is 4.13. The maximum absolute atomic E-state index is 11.5. The number of carbonyl (C=O) groups is 2. The van der Waals surface area contributed by atoms with Crippen LogP contribution in [-0.4, -0.2) is 56.8 Å². The van der Waals surface area contributed by atoms with Gasteiger partial charge in [0.25, 0.3) is 0 Å². The highest BCUT2D eigenvalue weighted by molar-refractivity contribution is 8.39. The molecule has 0 aliphatic rings. The molecule has 0 aromatic carbocycles. The van der Waals surface area contributed by atoms with Gasteiger partial charge in [-0.1, -0.05) is 23.5 Å². The SMILES string of the molecule is CCOC(=O)CSC(=NN=C(N)c1cnccn1)SCC(=O)OCC. The molecular formula is C14H19N5O4S2. The van der Waals surface area contributed by atoms with Crippen LogP contribution < -0.4 is 5.73 Å². The van der Waals surface area contributed by atoms with Crippen molar-refractivity contribution in [1.82, 2.24) is 9.97 Å². The first-order chi connectivity index (χ1) is 12.1. The second kappa shape index (κ2) is 12.3. The zero-order valence-corrected chi connectivity index (χ0v) is 15.5. The molecule has 0 saturated heterocycles. The van der Waals surface area contributed by atoms with Crippen LogP contribution in [0.15, 0.2) is 28.8 Å². The molecule has 0 spiro atoms. The van der Waals surface area contributed by atoms with Gasteiger partial charge in [-0.05, 0) is 13.8 Å². The van der Waals surface area contributed by atoms with E-state index in [1.165, 1.54) is 18.6 Å². The number of ether oxygens (including phenoxy) is 2. The summed E-state index contributed by atoms with van der Waals surface area (Å²) in [5, 5.41) is 7.86. The first-order valence-electron chi connectivity index (χ1n) is 7.31. The number of thioether (sulfide) groups is 2. The molecule has 0 aliphatic heterocycles. The van der Waals surface area contributed by atoms with Gasteiger partial charge in [0.1, 0.15) is 5.69 Å². The quantitative estimate of drug-likeness (QED) is 0.302. The Morgan fingerprint density at radius 3 is 2.16 bits per heavy atom. The van der Waals surface area contributed by atoms with Crippen molar-refractivity contribution in [2.45, 2.75) is 13.8 Å². The lowest BCUT2D eigenvalue weighted by Gasteiger charge is -2.05. The summed E-state index contributed by atoms with van der Waals surface area (Å²) in [4.78, 5) is 30.8. The van der Waals surface area contributed by atoms with E-state index in [1.54, 1.807) is 13.8 Å². The first-order valence-corrected chi connectivity index (χ1v) is 9.28. The molecule has 0 bridgehead atoms. The van der Waals surface area contributed by atoms with Crippen molar-refractivity contribution in [2.24, 2.45) is 15.9 Å². The summed E-state index contributed by atoms with van der Waals surface area (Å²) in [5.74, 6) is -0.615. The molecule has 0 unspecified atom stereocenters. The highest BCUT2D eigenvalue weighted by atomic mass is 32.2. The normalized spacial score (nSPS) is 10.9. The van der Waals surface area contributed by atoms with E-state index >= 15 is 0 Å². The van der Waals surface area contributed by atoms with E-state index in [0.717, 1.165) is 23.5 Å². The van der Waals surface area contributed by atoms with Gasteiger partial charge in [0.15, 0.2) is 10.2 Å². The maximum Gasteiger partial charge on any atom is 0.316 e. The molecule has 0 amide bonds.